The average molecular weight is 255 g/mol. The molecule has 0 aliphatic carbocycles. The Balaban J connectivity index is 3.09. The van der Waals surface area contributed by atoms with E-state index in [9.17, 15) is 0 Å². The monoisotopic (exact) mass is 254 g/mol. The summed E-state index contributed by atoms with van der Waals surface area (Å²) in [4.78, 5) is 0. The summed E-state index contributed by atoms with van der Waals surface area (Å²) in [6.07, 6.45) is 0.995. The lowest BCUT2D eigenvalue weighted by Gasteiger charge is -2.10. The van der Waals surface area contributed by atoms with Crippen LogP contribution >= 0.6 is 15.9 Å². The van der Waals surface area contributed by atoms with Crippen LogP contribution < -0.4 is 4.74 Å². The number of hydrogen-bond donors (Lipinski definition) is 0. The van der Waals surface area contributed by atoms with Gasteiger partial charge in [0.1, 0.15) is 5.75 Å². The first kappa shape index (κ1) is 11.3. The Kier molecular flexibility index (Phi) is 3.76. The quantitative estimate of drug-likeness (QED) is 0.734. The first-order valence-corrected chi connectivity index (χ1v) is 5.46. The molecule has 0 aliphatic rings. The third-order valence-corrected chi connectivity index (χ3v) is 3.11. The molecular weight excluding hydrogens is 240 g/mol. The zero-order valence-corrected chi connectivity index (χ0v) is 10.4. The highest BCUT2D eigenvalue weighted by Gasteiger charge is 2.05. The van der Waals surface area contributed by atoms with Gasteiger partial charge < -0.3 is 4.74 Å². The minimum atomic E-state index is 0.716. The zero-order chi connectivity index (χ0) is 10.7. The van der Waals surface area contributed by atoms with Crippen LogP contribution in [0.1, 0.15) is 25.0 Å². The first-order valence-electron chi connectivity index (χ1n) is 4.67. The summed E-state index contributed by atoms with van der Waals surface area (Å²) in [5.41, 5.74) is 2.46. The van der Waals surface area contributed by atoms with E-state index in [1.165, 1.54) is 15.6 Å². The van der Waals surface area contributed by atoms with Crippen LogP contribution in [0.15, 0.2) is 28.9 Å². The highest BCUT2D eigenvalue weighted by molar-refractivity contribution is 9.10. The molecule has 0 saturated heterocycles. The molecule has 2 heteroatoms. The Morgan fingerprint density at radius 1 is 1.50 bits per heavy atom. The molecule has 0 bridgehead atoms. The van der Waals surface area contributed by atoms with Gasteiger partial charge in [0.05, 0.1) is 5.76 Å². The van der Waals surface area contributed by atoms with Crippen LogP contribution in [0, 0.1) is 6.92 Å². The van der Waals surface area contributed by atoms with Crippen LogP contribution in [0.4, 0.5) is 0 Å². The van der Waals surface area contributed by atoms with E-state index < -0.39 is 0 Å². The molecule has 0 fully saturated rings. The SMILES string of the molecule is C=C(C)Oc1cc(C)c(Br)c(CC)c1. The molecule has 76 valence electrons. The fraction of sp³-hybridized carbons (Fsp3) is 0.333. The van der Waals surface area contributed by atoms with E-state index in [-0.39, 0.29) is 0 Å². The summed E-state index contributed by atoms with van der Waals surface area (Å²) >= 11 is 3.56. The number of ether oxygens (including phenoxy) is 1. The molecule has 0 aliphatic heterocycles. The molecule has 0 atom stereocenters. The van der Waals surface area contributed by atoms with E-state index >= 15 is 0 Å². The number of aryl methyl sites for hydroxylation is 2. The summed E-state index contributed by atoms with van der Waals surface area (Å²) in [5.74, 6) is 1.59. The van der Waals surface area contributed by atoms with Crippen molar-refractivity contribution in [2.75, 3.05) is 0 Å². The lowest BCUT2D eigenvalue weighted by Crippen LogP contribution is -1.93. The highest BCUT2D eigenvalue weighted by atomic mass is 79.9. The van der Waals surface area contributed by atoms with Crippen molar-refractivity contribution >= 4 is 15.9 Å². The smallest absolute Gasteiger partial charge is 0.127 e. The highest BCUT2D eigenvalue weighted by Crippen LogP contribution is 2.28. The third-order valence-electron chi connectivity index (χ3n) is 1.98. The standard InChI is InChI=1S/C12H15BrO/c1-5-10-7-11(14-8(2)3)6-9(4)12(10)13/h6-7H,2,5H2,1,3-4H3. The van der Waals surface area contributed by atoms with Gasteiger partial charge in [0.2, 0.25) is 0 Å². The molecule has 0 unspecified atom stereocenters. The van der Waals surface area contributed by atoms with Gasteiger partial charge in [-0.05, 0) is 43.5 Å². The third kappa shape index (κ3) is 2.61. The number of halogens is 1. The van der Waals surface area contributed by atoms with Gasteiger partial charge in [-0.25, -0.2) is 0 Å². The number of hydrogen-bond acceptors (Lipinski definition) is 1. The Bertz CT molecular complexity index is 356. The molecule has 14 heavy (non-hydrogen) atoms. The van der Waals surface area contributed by atoms with E-state index in [1.807, 2.05) is 19.1 Å². The zero-order valence-electron chi connectivity index (χ0n) is 8.86. The maximum Gasteiger partial charge on any atom is 0.127 e. The molecule has 0 heterocycles. The van der Waals surface area contributed by atoms with Crippen LogP contribution in [0.25, 0.3) is 0 Å². The van der Waals surface area contributed by atoms with Crippen molar-refractivity contribution in [3.63, 3.8) is 0 Å². The van der Waals surface area contributed by atoms with E-state index in [1.54, 1.807) is 0 Å². The molecule has 0 saturated carbocycles. The Labute approximate surface area is 93.9 Å². The fourth-order valence-electron chi connectivity index (χ4n) is 1.32. The van der Waals surface area contributed by atoms with Crippen molar-refractivity contribution in [3.8, 4) is 5.75 Å². The summed E-state index contributed by atoms with van der Waals surface area (Å²) in [6.45, 7) is 9.77. The number of benzene rings is 1. The second-order valence-electron chi connectivity index (χ2n) is 3.37. The predicted octanol–water partition coefficient (Wildman–Crippen LogP) is 4.23. The Morgan fingerprint density at radius 3 is 2.64 bits per heavy atom. The Hall–Kier alpha value is -0.760. The molecular formula is C12H15BrO. The minimum Gasteiger partial charge on any atom is -0.463 e. The number of rotatable bonds is 3. The molecule has 1 aromatic carbocycles. The van der Waals surface area contributed by atoms with Crippen LogP contribution in [-0.4, -0.2) is 0 Å². The van der Waals surface area contributed by atoms with Gasteiger partial charge in [0, 0.05) is 4.47 Å². The summed E-state index contributed by atoms with van der Waals surface area (Å²) < 4.78 is 6.65. The summed E-state index contributed by atoms with van der Waals surface area (Å²) in [5, 5.41) is 0. The number of allylic oxidation sites excluding steroid dienone is 1. The predicted molar refractivity (Wildman–Crippen MR) is 63.7 cm³/mol. The first-order chi connectivity index (χ1) is 6.54. The lowest BCUT2D eigenvalue weighted by atomic mass is 10.1. The van der Waals surface area contributed by atoms with Crippen LogP contribution in [0.2, 0.25) is 0 Å². The van der Waals surface area contributed by atoms with Crippen molar-refractivity contribution in [1.82, 2.24) is 0 Å². The van der Waals surface area contributed by atoms with Gasteiger partial charge in [-0.3, -0.25) is 0 Å². The summed E-state index contributed by atoms with van der Waals surface area (Å²) in [7, 11) is 0. The molecule has 1 rings (SSSR count). The molecule has 1 aromatic rings. The summed E-state index contributed by atoms with van der Waals surface area (Å²) in [6, 6.07) is 4.06. The minimum absolute atomic E-state index is 0.716. The van der Waals surface area contributed by atoms with E-state index in [2.05, 4.69) is 36.4 Å². The molecule has 0 amide bonds. The maximum atomic E-state index is 5.48. The van der Waals surface area contributed by atoms with E-state index in [4.69, 9.17) is 4.74 Å². The second kappa shape index (κ2) is 4.65. The molecule has 0 spiro atoms. The van der Waals surface area contributed by atoms with Gasteiger partial charge in [-0.2, -0.15) is 0 Å². The van der Waals surface area contributed by atoms with Crippen LogP contribution in [0.5, 0.6) is 5.75 Å². The van der Waals surface area contributed by atoms with Gasteiger partial charge in [0.15, 0.2) is 0 Å². The second-order valence-corrected chi connectivity index (χ2v) is 4.16. The van der Waals surface area contributed by atoms with Crippen LogP contribution in [0.3, 0.4) is 0 Å². The molecule has 0 radical (unpaired) electrons. The average Bonchev–Trinajstić information content (AvgIpc) is 2.10. The maximum absolute atomic E-state index is 5.48. The Morgan fingerprint density at radius 2 is 2.14 bits per heavy atom. The van der Waals surface area contributed by atoms with Crippen molar-refractivity contribution in [3.05, 3.63) is 40.1 Å². The van der Waals surface area contributed by atoms with E-state index in [0.29, 0.717) is 5.76 Å². The van der Waals surface area contributed by atoms with Crippen molar-refractivity contribution in [1.29, 1.82) is 0 Å². The van der Waals surface area contributed by atoms with E-state index in [0.717, 1.165) is 12.2 Å². The fourth-order valence-corrected chi connectivity index (χ4v) is 1.83. The van der Waals surface area contributed by atoms with Gasteiger partial charge in [-0.1, -0.05) is 29.4 Å². The van der Waals surface area contributed by atoms with Crippen molar-refractivity contribution in [2.45, 2.75) is 27.2 Å². The lowest BCUT2D eigenvalue weighted by molar-refractivity contribution is 0.429. The molecule has 0 aromatic heterocycles. The normalized spacial score (nSPS) is 10.0. The van der Waals surface area contributed by atoms with Crippen molar-refractivity contribution < 1.29 is 4.74 Å². The molecule has 0 N–H and O–H groups in total. The molecule has 1 nitrogen and oxygen atoms in total. The van der Waals surface area contributed by atoms with Crippen molar-refractivity contribution in [2.24, 2.45) is 0 Å². The van der Waals surface area contributed by atoms with Gasteiger partial charge in [0.25, 0.3) is 0 Å². The topological polar surface area (TPSA) is 9.23 Å². The van der Waals surface area contributed by atoms with Gasteiger partial charge >= 0.3 is 0 Å². The van der Waals surface area contributed by atoms with Crippen LogP contribution in [-0.2, 0) is 6.42 Å². The largest absolute Gasteiger partial charge is 0.463 e. The van der Waals surface area contributed by atoms with Gasteiger partial charge in [-0.15, -0.1) is 0 Å².